The highest BCUT2D eigenvalue weighted by Gasteiger charge is 2.20. The van der Waals surface area contributed by atoms with Gasteiger partial charge in [-0.1, -0.05) is 35.3 Å². The van der Waals surface area contributed by atoms with Crippen LogP contribution in [-0.4, -0.2) is 23.5 Å². The zero-order chi connectivity index (χ0) is 17.8. The fraction of sp³-hybridized carbons (Fsp3) is 0.278. The Kier molecular flexibility index (Phi) is 6.44. The van der Waals surface area contributed by atoms with Gasteiger partial charge in [0.05, 0.1) is 9.60 Å². The summed E-state index contributed by atoms with van der Waals surface area (Å²) in [6, 6.07) is 12.9. The lowest BCUT2D eigenvalue weighted by Gasteiger charge is -2.16. The number of anilines is 1. The van der Waals surface area contributed by atoms with Crippen LogP contribution < -0.4 is 10.1 Å². The Labute approximate surface area is 165 Å². The molecule has 1 aliphatic rings. The maximum Gasteiger partial charge on any atom is 0.265 e. The Morgan fingerprint density at radius 2 is 1.96 bits per heavy atom. The van der Waals surface area contributed by atoms with Crippen LogP contribution >= 0.6 is 46.7 Å². The van der Waals surface area contributed by atoms with Crippen LogP contribution in [0.1, 0.15) is 17.1 Å². The van der Waals surface area contributed by atoms with Gasteiger partial charge in [-0.25, -0.2) is 0 Å². The zero-order valence-corrected chi connectivity index (χ0v) is 16.6. The second-order valence-electron chi connectivity index (χ2n) is 5.52. The van der Waals surface area contributed by atoms with E-state index in [9.17, 15) is 4.79 Å². The van der Waals surface area contributed by atoms with Gasteiger partial charge in [-0.15, -0.1) is 23.5 Å². The third kappa shape index (κ3) is 5.00. The van der Waals surface area contributed by atoms with Crippen LogP contribution in [0.3, 0.4) is 0 Å². The molecule has 2 aromatic carbocycles. The van der Waals surface area contributed by atoms with Crippen molar-refractivity contribution in [3.05, 3.63) is 58.1 Å². The first-order chi connectivity index (χ1) is 12.0. The van der Waals surface area contributed by atoms with E-state index in [1.807, 2.05) is 41.7 Å². The quantitative estimate of drug-likeness (QED) is 0.663. The fourth-order valence-electron chi connectivity index (χ4n) is 2.37. The highest BCUT2D eigenvalue weighted by Crippen LogP contribution is 2.45. The third-order valence-electron chi connectivity index (χ3n) is 3.62. The van der Waals surface area contributed by atoms with Crippen molar-refractivity contribution >= 4 is 58.3 Å². The number of rotatable bonds is 5. The standard InChI is InChI=1S/C18H17Cl2NO2S2/c1-11(23-16-6-5-13(19)10-15(16)20)17(22)21-14-4-2-3-12(9-14)18-24-7-8-25-18/h2-6,9-11,18H,7-8H2,1H3,(H,21,22). The predicted molar refractivity (Wildman–Crippen MR) is 109 cm³/mol. The zero-order valence-electron chi connectivity index (χ0n) is 13.5. The molecular formula is C18H17Cl2NO2S2. The molecule has 132 valence electrons. The summed E-state index contributed by atoms with van der Waals surface area (Å²) in [5, 5.41) is 3.81. The van der Waals surface area contributed by atoms with Crippen molar-refractivity contribution in [1.29, 1.82) is 0 Å². The number of thioether (sulfide) groups is 2. The molecule has 0 spiro atoms. The molecule has 0 saturated carbocycles. The van der Waals surface area contributed by atoms with Crippen molar-refractivity contribution in [2.24, 2.45) is 0 Å². The van der Waals surface area contributed by atoms with Crippen LogP contribution in [0.15, 0.2) is 42.5 Å². The van der Waals surface area contributed by atoms with E-state index < -0.39 is 6.10 Å². The van der Waals surface area contributed by atoms with Crippen LogP contribution in [0.2, 0.25) is 10.0 Å². The second kappa shape index (κ2) is 8.58. The van der Waals surface area contributed by atoms with Crippen LogP contribution in [0, 0.1) is 0 Å². The first-order valence-corrected chi connectivity index (χ1v) is 10.6. The van der Waals surface area contributed by atoms with E-state index in [4.69, 9.17) is 27.9 Å². The van der Waals surface area contributed by atoms with Crippen molar-refractivity contribution in [1.82, 2.24) is 0 Å². The van der Waals surface area contributed by atoms with Crippen LogP contribution in [-0.2, 0) is 4.79 Å². The number of halogens is 2. The highest BCUT2D eigenvalue weighted by atomic mass is 35.5. The van der Waals surface area contributed by atoms with Gasteiger partial charge in [0.25, 0.3) is 5.91 Å². The average Bonchev–Trinajstić information content (AvgIpc) is 3.12. The lowest BCUT2D eigenvalue weighted by molar-refractivity contribution is -0.122. The monoisotopic (exact) mass is 413 g/mol. The summed E-state index contributed by atoms with van der Waals surface area (Å²) in [7, 11) is 0. The average molecular weight is 414 g/mol. The molecule has 0 bridgehead atoms. The van der Waals surface area contributed by atoms with Gasteiger partial charge in [0.15, 0.2) is 6.10 Å². The number of benzene rings is 2. The molecule has 0 aromatic heterocycles. The first kappa shape index (κ1) is 18.8. The van der Waals surface area contributed by atoms with Gasteiger partial charge < -0.3 is 10.1 Å². The number of ether oxygens (including phenoxy) is 1. The third-order valence-corrected chi connectivity index (χ3v) is 7.25. The number of amides is 1. The molecule has 1 amide bonds. The lowest BCUT2D eigenvalue weighted by atomic mass is 10.2. The second-order valence-corrected chi connectivity index (χ2v) is 9.09. The van der Waals surface area contributed by atoms with Crippen LogP contribution in [0.25, 0.3) is 0 Å². The normalized spacial score (nSPS) is 15.8. The Bertz CT molecular complexity index is 766. The minimum Gasteiger partial charge on any atom is -0.479 e. The summed E-state index contributed by atoms with van der Waals surface area (Å²) >= 11 is 15.8. The largest absolute Gasteiger partial charge is 0.479 e. The molecule has 1 atom stereocenters. The molecule has 7 heteroatoms. The maximum atomic E-state index is 12.4. The lowest BCUT2D eigenvalue weighted by Crippen LogP contribution is -2.30. The van der Waals surface area contributed by atoms with Crippen molar-refractivity contribution in [3.8, 4) is 5.75 Å². The maximum absolute atomic E-state index is 12.4. The minimum atomic E-state index is -0.683. The molecule has 1 aliphatic heterocycles. The number of hydrogen-bond donors (Lipinski definition) is 1. The van der Waals surface area contributed by atoms with E-state index >= 15 is 0 Å². The molecule has 1 saturated heterocycles. The van der Waals surface area contributed by atoms with E-state index in [2.05, 4.69) is 11.4 Å². The van der Waals surface area contributed by atoms with E-state index in [0.29, 0.717) is 20.4 Å². The molecule has 3 nitrogen and oxygen atoms in total. The van der Waals surface area contributed by atoms with E-state index in [-0.39, 0.29) is 5.91 Å². The molecule has 2 aromatic rings. The molecule has 1 fully saturated rings. The van der Waals surface area contributed by atoms with Gasteiger partial charge in [-0.05, 0) is 42.8 Å². The van der Waals surface area contributed by atoms with E-state index in [1.165, 1.54) is 17.1 Å². The number of nitrogens with one attached hydrogen (secondary N) is 1. The smallest absolute Gasteiger partial charge is 0.265 e. The summed E-state index contributed by atoms with van der Waals surface area (Å²) in [6.07, 6.45) is -0.683. The molecule has 3 rings (SSSR count). The predicted octanol–water partition coefficient (Wildman–Crippen LogP) is 5.88. The fourth-order valence-corrected chi connectivity index (χ4v) is 5.66. The number of carbonyl (C=O) groups excluding carboxylic acids is 1. The molecule has 0 aliphatic carbocycles. The number of hydrogen-bond acceptors (Lipinski definition) is 4. The topological polar surface area (TPSA) is 38.3 Å². The van der Waals surface area contributed by atoms with Crippen molar-refractivity contribution in [3.63, 3.8) is 0 Å². The molecule has 1 unspecified atom stereocenters. The SMILES string of the molecule is CC(Oc1ccc(Cl)cc1Cl)C(=O)Nc1cccc(C2SCCS2)c1. The van der Waals surface area contributed by atoms with Gasteiger partial charge >= 0.3 is 0 Å². The molecular weight excluding hydrogens is 397 g/mol. The Morgan fingerprint density at radius 1 is 1.20 bits per heavy atom. The summed E-state index contributed by atoms with van der Waals surface area (Å²) in [4.78, 5) is 12.4. The molecule has 1 N–H and O–H groups in total. The molecule has 1 heterocycles. The molecule has 0 radical (unpaired) electrons. The minimum absolute atomic E-state index is 0.227. The Balaban J connectivity index is 1.64. The van der Waals surface area contributed by atoms with Gasteiger partial charge in [0, 0.05) is 22.2 Å². The van der Waals surface area contributed by atoms with Crippen LogP contribution in [0.4, 0.5) is 5.69 Å². The first-order valence-electron chi connectivity index (χ1n) is 7.78. The van der Waals surface area contributed by atoms with E-state index in [0.717, 1.165) is 5.69 Å². The summed E-state index contributed by atoms with van der Waals surface area (Å²) in [6.45, 7) is 1.69. The summed E-state index contributed by atoms with van der Waals surface area (Å²) < 4.78 is 6.10. The molecule has 25 heavy (non-hydrogen) atoms. The summed E-state index contributed by atoms with van der Waals surface area (Å²) in [5.74, 6) is 2.54. The highest BCUT2D eigenvalue weighted by molar-refractivity contribution is 8.19. The van der Waals surface area contributed by atoms with Crippen molar-refractivity contribution < 1.29 is 9.53 Å². The van der Waals surface area contributed by atoms with Crippen molar-refractivity contribution in [2.75, 3.05) is 16.8 Å². The van der Waals surface area contributed by atoms with Gasteiger partial charge in [0.1, 0.15) is 5.75 Å². The van der Waals surface area contributed by atoms with Gasteiger partial charge in [-0.2, -0.15) is 0 Å². The Hall–Kier alpha value is -1.01. The van der Waals surface area contributed by atoms with E-state index in [1.54, 1.807) is 25.1 Å². The number of carbonyl (C=O) groups is 1. The van der Waals surface area contributed by atoms with Gasteiger partial charge in [0.2, 0.25) is 0 Å². The van der Waals surface area contributed by atoms with Gasteiger partial charge in [-0.3, -0.25) is 4.79 Å². The Morgan fingerprint density at radius 3 is 2.68 bits per heavy atom. The summed E-state index contributed by atoms with van der Waals surface area (Å²) in [5.41, 5.74) is 1.99. The van der Waals surface area contributed by atoms with Crippen molar-refractivity contribution in [2.45, 2.75) is 17.6 Å². The van der Waals surface area contributed by atoms with Crippen LogP contribution in [0.5, 0.6) is 5.75 Å².